The van der Waals surface area contributed by atoms with Gasteiger partial charge in [0, 0.05) is 6.26 Å². The molecule has 4 heteroatoms. The maximum atomic E-state index is 11.8. The predicted octanol–water partition coefficient (Wildman–Crippen LogP) is 3.17. The van der Waals surface area contributed by atoms with Crippen LogP contribution in [-0.2, 0) is 9.84 Å². The zero-order valence-corrected chi connectivity index (χ0v) is 14.2. The topological polar surface area (TPSA) is 54.4 Å². The van der Waals surface area contributed by atoms with E-state index in [9.17, 15) is 13.5 Å². The second-order valence-corrected chi connectivity index (χ2v) is 10.6. The molecule has 0 spiro atoms. The molecule has 2 fully saturated rings. The van der Waals surface area contributed by atoms with E-state index in [-0.39, 0.29) is 16.6 Å². The van der Waals surface area contributed by atoms with E-state index >= 15 is 0 Å². The number of rotatable bonds is 2. The number of aliphatic hydroxyl groups is 1. The van der Waals surface area contributed by atoms with Crippen molar-refractivity contribution in [2.45, 2.75) is 76.6 Å². The molecular formula is C16H30O3S. The average Bonchev–Trinajstić information content (AvgIpc) is 2.24. The van der Waals surface area contributed by atoms with Crippen LogP contribution in [0.15, 0.2) is 0 Å². The molecular weight excluding hydrogens is 272 g/mol. The third-order valence-electron chi connectivity index (χ3n) is 5.38. The van der Waals surface area contributed by atoms with Crippen LogP contribution in [0.1, 0.15) is 65.7 Å². The number of hydrogen-bond acceptors (Lipinski definition) is 3. The third-order valence-corrected chi connectivity index (χ3v) is 7.02. The lowest BCUT2D eigenvalue weighted by Gasteiger charge is -2.50. The first-order valence-electron chi connectivity index (χ1n) is 7.93. The predicted molar refractivity (Wildman–Crippen MR) is 82.3 cm³/mol. The molecule has 20 heavy (non-hydrogen) atoms. The summed E-state index contributed by atoms with van der Waals surface area (Å²) in [5.41, 5.74) is -0.505. The minimum absolute atomic E-state index is 0.151. The Kier molecular flexibility index (Phi) is 4.29. The summed E-state index contributed by atoms with van der Waals surface area (Å²) in [5.74, 6) is 0.667. The Labute approximate surface area is 124 Å². The van der Waals surface area contributed by atoms with E-state index in [4.69, 9.17) is 0 Å². The lowest BCUT2D eigenvalue weighted by Crippen LogP contribution is -2.49. The standard InChI is InChI=1S/C16H30O3S/c1-12-9-15(2,3)11-16(17,10-12)13-6-5-7-14(8-13)20(4,18)19/h12-14,17H,5-11H2,1-4H3. The summed E-state index contributed by atoms with van der Waals surface area (Å²) in [6.45, 7) is 6.66. The lowest BCUT2D eigenvalue weighted by molar-refractivity contribution is -0.107. The quantitative estimate of drug-likeness (QED) is 0.852. The fourth-order valence-electron chi connectivity index (χ4n) is 4.92. The first-order chi connectivity index (χ1) is 9.02. The fourth-order valence-corrected chi connectivity index (χ4v) is 6.10. The zero-order chi connectivity index (χ0) is 15.2. The highest BCUT2D eigenvalue weighted by Gasteiger charge is 2.48. The lowest BCUT2D eigenvalue weighted by atomic mass is 9.60. The molecule has 0 radical (unpaired) electrons. The van der Waals surface area contributed by atoms with Gasteiger partial charge in [0.15, 0.2) is 0 Å². The molecule has 4 unspecified atom stereocenters. The normalized spacial score (nSPS) is 42.4. The molecule has 2 rings (SSSR count). The molecule has 2 aliphatic rings. The van der Waals surface area contributed by atoms with E-state index in [2.05, 4.69) is 20.8 Å². The van der Waals surface area contributed by atoms with Crippen molar-refractivity contribution in [3.63, 3.8) is 0 Å². The van der Waals surface area contributed by atoms with Crippen LogP contribution < -0.4 is 0 Å². The first-order valence-corrected chi connectivity index (χ1v) is 9.89. The highest BCUT2D eigenvalue weighted by molar-refractivity contribution is 7.91. The van der Waals surface area contributed by atoms with E-state index in [0.29, 0.717) is 12.3 Å². The van der Waals surface area contributed by atoms with E-state index in [1.54, 1.807) is 0 Å². The highest BCUT2D eigenvalue weighted by atomic mass is 32.2. The van der Waals surface area contributed by atoms with E-state index in [0.717, 1.165) is 38.5 Å². The monoisotopic (exact) mass is 302 g/mol. The van der Waals surface area contributed by atoms with E-state index in [1.807, 2.05) is 0 Å². The van der Waals surface area contributed by atoms with Gasteiger partial charge in [0.2, 0.25) is 0 Å². The van der Waals surface area contributed by atoms with Gasteiger partial charge < -0.3 is 5.11 Å². The fraction of sp³-hybridized carbons (Fsp3) is 1.00. The summed E-state index contributed by atoms with van der Waals surface area (Å²) in [7, 11) is -2.98. The Morgan fingerprint density at radius 2 is 1.80 bits per heavy atom. The van der Waals surface area contributed by atoms with Crippen molar-refractivity contribution in [2.24, 2.45) is 17.3 Å². The maximum Gasteiger partial charge on any atom is 0.150 e. The summed E-state index contributed by atoms with van der Waals surface area (Å²) in [6.07, 6.45) is 7.46. The Bertz CT molecular complexity index is 454. The first kappa shape index (κ1) is 16.3. The molecule has 0 aromatic rings. The smallest absolute Gasteiger partial charge is 0.150 e. The van der Waals surface area contributed by atoms with Crippen molar-refractivity contribution in [3.8, 4) is 0 Å². The van der Waals surface area contributed by atoms with Crippen molar-refractivity contribution < 1.29 is 13.5 Å². The van der Waals surface area contributed by atoms with Crippen LogP contribution in [0.3, 0.4) is 0 Å². The van der Waals surface area contributed by atoms with E-state index in [1.165, 1.54) is 6.26 Å². The average molecular weight is 302 g/mol. The molecule has 2 aliphatic carbocycles. The molecule has 4 atom stereocenters. The van der Waals surface area contributed by atoms with Crippen LogP contribution in [-0.4, -0.2) is 30.6 Å². The number of sulfone groups is 1. The SMILES string of the molecule is CC1CC(C)(C)CC(O)(C2CCCC(S(C)(=O)=O)C2)C1. The van der Waals surface area contributed by atoms with Gasteiger partial charge in [0.1, 0.15) is 9.84 Å². The minimum Gasteiger partial charge on any atom is -0.390 e. The molecule has 0 amide bonds. The van der Waals surface area contributed by atoms with Gasteiger partial charge in [-0.1, -0.05) is 27.2 Å². The van der Waals surface area contributed by atoms with Crippen molar-refractivity contribution in [2.75, 3.05) is 6.26 Å². The van der Waals surface area contributed by atoms with Crippen LogP contribution >= 0.6 is 0 Å². The molecule has 3 nitrogen and oxygen atoms in total. The van der Waals surface area contributed by atoms with Gasteiger partial charge in [0.25, 0.3) is 0 Å². The molecule has 0 aromatic carbocycles. The molecule has 0 aromatic heterocycles. The second-order valence-electron chi connectivity index (χ2n) is 8.27. The van der Waals surface area contributed by atoms with Crippen molar-refractivity contribution in [1.29, 1.82) is 0 Å². The summed E-state index contributed by atoms with van der Waals surface area (Å²) in [5, 5.41) is 10.9. The Balaban J connectivity index is 2.17. The van der Waals surface area contributed by atoms with E-state index < -0.39 is 15.4 Å². The minimum atomic E-state index is -2.98. The van der Waals surface area contributed by atoms with Crippen molar-refractivity contribution >= 4 is 9.84 Å². The molecule has 0 bridgehead atoms. The van der Waals surface area contributed by atoms with Crippen molar-refractivity contribution in [1.82, 2.24) is 0 Å². The van der Waals surface area contributed by atoms with Crippen molar-refractivity contribution in [3.05, 3.63) is 0 Å². The summed E-state index contributed by atoms with van der Waals surface area (Å²) in [6, 6.07) is 0. The summed E-state index contributed by atoms with van der Waals surface area (Å²) in [4.78, 5) is 0. The molecule has 0 aliphatic heterocycles. The maximum absolute atomic E-state index is 11.8. The molecule has 2 saturated carbocycles. The van der Waals surface area contributed by atoms with Crippen LogP contribution in [0.25, 0.3) is 0 Å². The van der Waals surface area contributed by atoms with Gasteiger partial charge in [-0.25, -0.2) is 8.42 Å². The van der Waals surface area contributed by atoms with Gasteiger partial charge in [-0.3, -0.25) is 0 Å². The van der Waals surface area contributed by atoms with Crippen LogP contribution in [0.4, 0.5) is 0 Å². The summed E-state index contributed by atoms with van der Waals surface area (Å²) >= 11 is 0. The highest BCUT2D eigenvalue weighted by Crippen LogP contribution is 2.50. The Morgan fingerprint density at radius 3 is 2.35 bits per heavy atom. The molecule has 0 heterocycles. The Morgan fingerprint density at radius 1 is 1.15 bits per heavy atom. The Hall–Kier alpha value is -0.0900. The summed E-state index contributed by atoms with van der Waals surface area (Å²) < 4.78 is 23.7. The zero-order valence-electron chi connectivity index (χ0n) is 13.4. The van der Waals surface area contributed by atoms with Gasteiger partial charge in [-0.2, -0.15) is 0 Å². The second kappa shape index (κ2) is 5.28. The third kappa shape index (κ3) is 3.56. The van der Waals surface area contributed by atoms with Gasteiger partial charge >= 0.3 is 0 Å². The van der Waals surface area contributed by atoms with Gasteiger partial charge in [0.05, 0.1) is 10.9 Å². The van der Waals surface area contributed by atoms with Crippen LogP contribution in [0.5, 0.6) is 0 Å². The van der Waals surface area contributed by atoms with Gasteiger partial charge in [-0.05, 0) is 55.8 Å². The van der Waals surface area contributed by atoms with Crippen LogP contribution in [0.2, 0.25) is 0 Å². The number of hydrogen-bond donors (Lipinski definition) is 1. The molecule has 0 saturated heterocycles. The molecule has 118 valence electrons. The largest absolute Gasteiger partial charge is 0.390 e. The van der Waals surface area contributed by atoms with Crippen LogP contribution in [0, 0.1) is 17.3 Å². The van der Waals surface area contributed by atoms with Gasteiger partial charge in [-0.15, -0.1) is 0 Å². The molecule has 1 N–H and O–H groups in total.